The predicted molar refractivity (Wildman–Crippen MR) is 109 cm³/mol. The molecule has 1 aromatic heterocycles. The van der Waals surface area contributed by atoms with Gasteiger partial charge in [-0.25, -0.2) is 0 Å². The molecule has 1 saturated heterocycles. The number of rotatable bonds is 8. The number of aryl methyl sites for hydroxylation is 2. The number of hydrogen-bond acceptors (Lipinski definition) is 6. The van der Waals surface area contributed by atoms with Crippen LogP contribution in [0.2, 0.25) is 0 Å². The molecule has 0 saturated carbocycles. The average Bonchev–Trinajstić information content (AvgIpc) is 3.00. The van der Waals surface area contributed by atoms with Gasteiger partial charge >= 0.3 is 0 Å². The largest absolute Gasteiger partial charge is 0.497 e. The van der Waals surface area contributed by atoms with Gasteiger partial charge in [0.15, 0.2) is 0 Å². The van der Waals surface area contributed by atoms with Crippen molar-refractivity contribution in [1.82, 2.24) is 19.6 Å². The normalized spacial score (nSPS) is 18.4. The Morgan fingerprint density at radius 2 is 1.82 bits per heavy atom. The first kappa shape index (κ1) is 20.6. The lowest BCUT2D eigenvalue weighted by molar-refractivity contribution is 0.0498. The number of aliphatic hydroxyl groups is 1. The fraction of sp³-hybridized carbons (Fsp3) is 0.571. The summed E-state index contributed by atoms with van der Waals surface area (Å²) in [5, 5.41) is 14.0. The molecule has 28 heavy (non-hydrogen) atoms. The molecular formula is C21H32N4O3. The third-order valence-corrected chi connectivity index (χ3v) is 5.46. The molecule has 7 heteroatoms. The van der Waals surface area contributed by atoms with Gasteiger partial charge in [0.05, 0.1) is 19.9 Å². The summed E-state index contributed by atoms with van der Waals surface area (Å²) in [7, 11) is 5.31. The Bertz CT molecular complexity index is 755. The van der Waals surface area contributed by atoms with Crippen molar-refractivity contribution in [1.29, 1.82) is 0 Å². The molecule has 0 amide bonds. The summed E-state index contributed by atoms with van der Waals surface area (Å²) in [6.45, 7) is 6.88. The first-order chi connectivity index (χ1) is 13.5. The van der Waals surface area contributed by atoms with Gasteiger partial charge in [0.1, 0.15) is 11.5 Å². The summed E-state index contributed by atoms with van der Waals surface area (Å²) in [6, 6.07) is 6.32. The topological polar surface area (TPSA) is 63.0 Å². The summed E-state index contributed by atoms with van der Waals surface area (Å²) in [6.07, 6.45) is 2.87. The van der Waals surface area contributed by atoms with Crippen LogP contribution in [0.25, 0.3) is 0 Å². The van der Waals surface area contributed by atoms with Gasteiger partial charge < -0.3 is 14.6 Å². The number of ether oxygens (including phenoxy) is 2. The van der Waals surface area contributed by atoms with Crippen LogP contribution in [0.5, 0.6) is 11.5 Å². The summed E-state index contributed by atoms with van der Waals surface area (Å²) in [5.41, 5.74) is 3.53. The molecule has 2 heterocycles. The molecule has 0 radical (unpaired) electrons. The smallest absolute Gasteiger partial charge is 0.122 e. The molecule has 0 aliphatic carbocycles. The number of hydrogen-bond donors (Lipinski definition) is 1. The van der Waals surface area contributed by atoms with E-state index in [1.54, 1.807) is 14.2 Å². The minimum absolute atomic E-state index is 0.197. The van der Waals surface area contributed by atoms with E-state index in [1.165, 1.54) is 5.56 Å². The van der Waals surface area contributed by atoms with Crippen molar-refractivity contribution in [2.75, 3.05) is 40.5 Å². The Morgan fingerprint density at radius 3 is 2.39 bits per heavy atom. The van der Waals surface area contributed by atoms with Crippen LogP contribution in [-0.2, 0) is 20.1 Å². The highest BCUT2D eigenvalue weighted by Crippen LogP contribution is 2.25. The lowest BCUT2D eigenvalue weighted by atomic mass is 10.1. The third-order valence-electron chi connectivity index (χ3n) is 5.46. The molecule has 154 valence electrons. The second-order valence-corrected chi connectivity index (χ2v) is 7.51. The molecule has 1 N–H and O–H groups in total. The standard InChI is InChI=1S/C21H32N4O3/c1-16-18(13-23(2)22-16)14-24-6-7-25(19(15-24)5-8-26)12-17-9-20(27-3)11-21(10-17)28-4/h9-11,13,19,26H,5-8,12,14-15H2,1-4H3/t19-/m1/s1. The maximum atomic E-state index is 9.59. The van der Waals surface area contributed by atoms with Crippen LogP contribution in [0.1, 0.15) is 23.2 Å². The van der Waals surface area contributed by atoms with E-state index in [2.05, 4.69) is 40.2 Å². The molecule has 1 aliphatic rings. The van der Waals surface area contributed by atoms with E-state index in [0.29, 0.717) is 6.04 Å². The van der Waals surface area contributed by atoms with Crippen LogP contribution in [0, 0.1) is 6.92 Å². The van der Waals surface area contributed by atoms with Crippen LogP contribution < -0.4 is 9.47 Å². The van der Waals surface area contributed by atoms with Crippen LogP contribution in [0.4, 0.5) is 0 Å². The Kier molecular flexibility index (Phi) is 6.93. The number of aromatic nitrogens is 2. The lowest BCUT2D eigenvalue weighted by Gasteiger charge is -2.41. The molecule has 1 aromatic carbocycles. The second kappa shape index (κ2) is 9.41. The van der Waals surface area contributed by atoms with Crippen molar-refractivity contribution in [2.24, 2.45) is 7.05 Å². The van der Waals surface area contributed by atoms with Crippen LogP contribution in [0.3, 0.4) is 0 Å². The zero-order valence-electron chi connectivity index (χ0n) is 17.4. The minimum atomic E-state index is 0.197. The van der Waals surface area contributed by atoms with Crippen LogP contribution in [0.15, 0.2) is 24.4 Å². The molecule has 0 bridgehead atoms. The van der Waals surface area contributed by atoms with Gasteiger partial charge in [0, 0.05) is 70.2 Å². The summed E-state index contributed by atoms with van der Waals surface area (Å²) < 4.78 is 12.7. The van der Waals surface area contributed by atoms with E-state index < -0.39 is 0 Å². The third kappa shape index (κ3) is 5.04. The van der Waals surface area contributed by atoms with Crippen molar-refractivity contribution in [3.8, 4) is 11.5 Å². The Labute approximate surface area is 167 Å². The monoisotopic (exact) mass is 388 g/mol. The van der Waals surface area contributed by atoms with Gasteiger partial charge in [0.2, 0.25) is 0 Å². The van der Waals surface area contributed by atoms with Gasteiger partial charge in [0.25, 0.3) is 0 Å². The minimum Gasteiger partial charge on any atom is -0.497 e. The fourth-order valence-electron chi connectivity index (χ4n) is 3.97. The Balaban J connectivity index is 1.68. The number of piperazine rings is 1. The maximum Gasteiger partial charge on any atom is 0.122 e. The van der Waals surface area contributed by atoms with Crippen molar-refractivity contribution in [2.45, 2.75) is 32.5 Å². The molecule has 1 aliphatic heterocycles. The highest BCUT2D eigenvalue weighted by Gasteiger charge is 2.27. The predicted octanol–water partition coefficient (Wildman–Crippen LogP) is 1.81. The molecule has 3 rings (SSSR count). The fourth-order valence-corrected chi connectivity index (χ4v) is 3.97. The van der Waals surface area contributed by atoms with E-state index in [4.69, 9.17) is 9.47 Å². The summed E-state index contributed by atoms with van der Waals surface area (Å²) in [5.74, 6) is 1.61. The van der Waals surface area contributed by atoms with Crippen molar-refractivity contribution >= 4 is 0 Å². The van der Waals surface area contributed by atoms with Crippen molar-refractivity contribution in [3.05, 3.63) is 41.2 Å². The van der Waals surface area contributed by atoms with E-state index in [9.17, 15) is 5.11 Å². The van der Waals surface area contributed by atoms with E-state index in [-0.39, 0.29) is 6.61 Å². The van der Waals surface area contributed by atoms with E-state index >= 15 is 0 Å². The van der Waals surface area contributed by atoms with E-state index in [1.807, 2.05) is 17.8 Å². The molecule has 7 nitrogen and oxygen atoms in total. The summed E-state index contributed by atoms with van der Waals surface area (Å²) in [4.78, 5) is 4.92. The van der Waals surface area contributed by atoms with Gasteiger partial charge in [-0.3, -0.25) is 14.5 Å². The molecular weight excluding hydrogens is 356 g/mol. The zero-order chi connectivity index (χ0) is 20.1. The first-order valence-electron chi connectivity index (χ1n) is 9.80. The van der Waals surface area contributed by atoms with Gasteiger partial charge in [-0.1, -0.05) is 0 Å². The number of nitrogens with zero attached hydrogens (tertiary/aromatic N) is 4. The van der Waals surface area contributed by atoms with Gasteiger partial charge in [-0.15, -0.1) is 0 Å². The van der Waals surface area contributed by atoms with Crippen molar-refractivity contribution in [3.63, 3.8) is 0 Å². The zero-order valence-corrected chi connectivity index (χ0v) is 17.4. The van der Waals surface area contributed by atoms with Gasteiger partial charge in [-0.2, -0.15) is 5.10 Å². The molecule has 1 atom stereocenters. The highest BCUT2D eigenvalue weighted by molar-refractivity contribution is 5.38. The Hall–Kier alpha value is -2.09. The lowest BCUT2D eigenvalue weighted by Crippen LogP contribution is -2.52. The number of benzene rings is 1. The number of aliphatic hydroxyl groups excluding tert-OH is 1. The summed E-state index contributed by atoms with van der Waals surface area (Å²) >= 11 is 0. The maximum absolute atomic E-state index is 9.59. The number of methoxy groups -OCH3 is 2. The van der Waals surface area contributed by atoms with Crippen LogP contribution >= 0.6 is 0 Å². The Morgan fingerprint density at radius 1 is 1.11 bits per heavy atom. The molecule has 1 fully saturated rings. The SMILES string of the molecule is COc1cc(CN2CCN(Cc3cn(C)nc3C)C[C@H]2CCO)cc(OC)c1. The molecule has 0 spiro atoms. The van der Waals surface area contributed by atoms with Gasteiger partial charge in [-0.05, 0) is 31.0 Å². The average molecular weight is 389 g/mol. The quantitative estimate of drug-likeness (QED) is 0.744. The van der Waals surface area contributed by atoms with Crippen molar-refractivity contribution < 1.29 is 14.6 Å². The van der Waals surface area contributed by atoms with E-state index in [0.717, 1.165) is 61.9 Å². The van der Waals surface area contributed by atoms with Crippen LogP contribution in [-0.4, -0.2) is 71.2 Å². The first-order valence-corrected chi connectivity index (χ1v) is 9.80. The second-order valence-electron chi connectivity index (χ2n) is 7.51. The molecule has 2 aromatic rings. The highest BCUT2D eigenvalue weighted by atomic mass is 16.5. The molecule has 0 unspecified atom stereocenters.